The van der Waals surface area contributed by atoms with Crippen LogP contribution >= 0.6 is 0 Å². The van der Waals surface area contributed by atoms with Gasteiger partial charge in [0, 0.05) is 18.0 Å². The van der Waals surface area contributed by atoms with E-state index in [-0.39, 0.29) is 6.73 Å². The van der Waals surface area contributed by atoms with E-state index in [0.717, 1.165) is 25.3 Å². The summed E-state index contributed by atoms with van der Waals surface area (Å²) < 4.78 is 5.31. The van der Waals surface area contributed by atoms with Crippen molar-refractivity contribution in [2.24, 2.45) is 5.11 Å². The monoisotopic (exact) mass is 218 g/mol. The summed E-state index contributed by atoms with van der Waals surface area (Å²) in [5.41, 5.74) is 10.8. The summed E-state index contributed by atoms with van der Waals surface area (Å²) in [5.74, 6) is 0.765. The quantitative estimate of drug-likeness (QED) is 0.444. The normalized spacial score (nSPS) is 15.1. The Morgan fingerprint density at radius 3 is 3.19 bits per heavy atom. The maximum atomic E-state index is 8.14. The molecule has 1 aromatic rings. The third-order valence-electron chi connectivity index (χ3n) is 2.73. The zero-order chi connectivity index (χ0) is 11.4. The Kier molecular flexibility index (Phi) is 3.29. The van der Waals surface area contributed by atoms with Crippen LogP contribution in [0.25, 0.3) is 10.4 Å². The molecule has 0 unspecified atom stereocenters. The van der Waals surface area contributed by atoms with Crippen LogP contribution < -0.4 is 4.74 Å². The number of hydrogen-bond acceptors (Lipinski definition) is 3. The molecule has 0 saturated carbocycles. The molecule has 0 bridgehead atoms. The van der Waals surface area contributed by atoms with Crippen LogP contribution in [0.2, 0.25) is 0 Å². The van der Waals surface area contributed by atoms with Crippen LogP contribution in [0.4, 0.5) is 0 Å². The molecule has 1 aliphatic heterocycles. The molecule has 84 valence electrons. The van der Waals surface area contributed by atoms with Crippen molar-refractivity contribution in [3.8, 4) is 5.75 Å². The Morgan fingerprint density at radius 1 is 1.50 bits per heavy atom. The molecule has 0 aliphatic carbocycles. The molecule has 1 aromatic carbocycles. The molecule has 0 fully saturated rings. The second-order valence-electron chi connectivity index (χ2n) is 3.92. The van der Waals surface area contributed by atoms with Gasteiger partial charge < -0.3 is 9.64 Å². The number of benzene rings is 1. The topological polar surface area (TPSA) is 61.2 Å². The fourth-order valence-electron chi connectivity index (χ4n) is 1.89. The second-order valence-corrected chi connectivity index (χ2v) is 3.92. The van der Waals surface area contributed by atoms with E-state index < -0.39 is 0 Å². The molecule has 5 heteroatoms. The van der Waals surface area contributed by atoms with Crippen molar-refractivity contribution in [2.45, 2.75) is 13.0 Å². The van der Waals surface area contributed by atoms with Crippen molar-refractivity contribution < 1.29 is 4.74 Å². The standard InChI is InChI=1S/C11H14N4O/c1-15-5-4-9-2-3-11(6-10(9)7-15)16-8-13-14-12/h2-3,6H,4-5,7-8H2,1H3. The third-order valence-corrected chi connectivity index (χ3v) is 2.73. The number of ether oxygens (including phenoxy) is 1. The van der Waals surface area contributed by atoms with E-state index in [2.05, 4.69) is 28.0 Å². The lowest BCUT2D eigenvalue weighted by molar-refractivity contribution is 0.306. The summed E-state index contributed by atoms with van der Waals surface area (Å²) in [6.07, 6.45) is 1.09. The van der Waals surface area contributed by atoms with Crippen molar-refractivity contribution in [3.05, 3.63) is 39.8 Å². The molecular formula is C11H14N4O. The Morgan fingerprint density at radius 2 is 2.38 bits per heavy atom. The molecule has 16 heavy (non-hydrogen) atoms. The minimum absolute atomic E-state index is 0.0468. The van der Waals surface area contributed by atoms with Gasteiger partial charge in [-0.25, -0.2) is 0 Å². The van der Waals surface area contributed by atoms with E-state index in [9.17, 15) is 0 Å². The molecule has 2 rings (SSSR count). The molecule has 1 heterocycles. The molecule has 0 N–H and O–H groups in total. The maximum Gasteiger partial charge on any atom is 0.167 e. The molecular weight excluding hydrogens is 204 g/mol. The lowest BCUT2D eigenvalue weighted by Gasteiger charge is -2.25. The van der Waals surface area contributed by atoms with Gasteiger partial charge in [-0.2, -0.15) is 0 Å². The maximum absolute atomic E-state index is 8.14. The van der Waals surface area contributed by atoms with Crippen LogP contribution in [-0.4, -0.2) is 25.2 Å². The van der Waals surface area contributed by atoms with Crippen LogP contribution in [0, 0.1) is 0 Å². The van der Waals surface area contributed by atoms with Crippen LogP contribution in [-0.2, 0) is 13.0 Å². The van der Waals surface area contributed by atoms with Crippen molar-refractivity contribution >= 4 is 0 Å². The average molecular weight is 218 g/mol. The van der Waals surface area contributed by atoms with Gasteiger partial charge in [0.15, 0.2) is 6.73 Å². The molecule has 0 amide bonds. The Bertz CT molecular complexity index is 426. The van der Waals surface area contributed by atoms with Crippen LogP contribution in [0.3, 0.4) is 0 Å². The van der Waals surface area contributed by atoms with Gasteiger partial charge in [0.1, 0.15) is 5.75 Å². The number of rotatable bonds is 3. The van der Waals surface area contributed by atoms with E-state index in [1.807, 2.05) is 12.1 Å². The van der Waals surface area contributed by atoms with Crippen LogP contribution in [0.1, 0.15) is 11.1 Å². The van der Waals surface area contributed by atoms with E-state index in [0.29, 0.717) is 0 Å². The molecule has 0 radical (unpaired) electrons. The van der Waals surface area contributed by atoms with Crippen LogP contribution in [0.5, 0.6) is 5.75 Å². The van der Waals surface area contributed by atoms with E-state index in [1.54, 1.807) is 0 Å². The minimum Gasteiger partial charge on any atom is -0.488 e. The molecule has 0 saturated heterocycles. The highest BCUT2D eigenvalue weighted by atomic mass is 16.5. The van der Waals surface area contributed by atoms with Gasteiger partial charge in [0.25, 0.3) is 0 Å². The van der Waals surface area contributed by atoms with Gasteiger partial charge in [-0.1, -0.05) is 11.2 Å². The van der Waals surface area contributed by atoms with E-state index in [4.69, 9.17) is 10.3 Å². The summed E-state index contributed by atoms with van der Waals surface area (Å²) in [5, 5.41) is 3.34. The molecule has 0 atom stereocenters. The van der Waals surface area contributed by atoms with Crippen molar-refractivity contribution in [1.82, 2.24) is 4.90 Å². The lowest BCUT2D eigenvalue weighted by atomic mass is 10.00. The number of fused-ring (bicyclic) bond motifs is 1. The van der Waals surface area contributed by atoms with Gasteiger partial charge >= 0.3 is 0 Å². The van der Waals surface area contributed by atoms with Gasteiger partial charge in [-0.15, -0.1) is 0 Å². The first-order valence-electron chi connectivity index (χ1n) is 5.23. The summed E-state index contributed by atoms with van der Waals surface area (Å²) in [6.45, 7) is 2.10. The van der Waals surface area contributed by atoms with Crippen molar-refractivity contribution in [3.63, 3.8) is 0 Å². The van der Waals surface area contributed by atoms with Gasteiger partial charge in [-0.05, 0) is 42.3 Å². The first-order chi connectivity index (χ1) is 7.79. The van der Waals surface area contributed by atoms with E-state index in [1.165, 1.54) is 11.1 Å². The zero-order valence-corrected chi connectivity index (χ0v) is 9.26. The minimum atomic E-state index is 0.0468. The molecule has 0 aromatic heterocycles. The Balaban J connectivity index is 2.11. The van der Waals surface area contributed by atoms with Gasteiger partial charge in [-0.3, -0.25) is 0 Å². The third kappa shape index (κ3) is 2.45. The number of likely N-dealkylation sites (N-methyl/N-ethyl adjacent to an activating group) is 1. The molecule has 5 nitrogen and oxygen atoms in total. The van der Waals surface area contributed by atoms with Crippen LogP contribution in [0.15, 0.2) is 23.3 Å². The fraction of sp³-hybridized carbons (Fsp3) is 0.455. The lowest BCUT2D eigenvalue weighted by Crippen LogP contribution is -2.26. The predicted molar refractivity (Wildman–Crippen MR) is 61.1 cm³/mol. The molecule has 0 spiro atoms. The SMILES string of the molecule is CN1CCc2ccc(OCN=[N+]=[N-])cc2C1. The molecule has 1 aliphatic rings. The van der Waals surface area contributed by atoms with Gasteiger partial charge in [0.2, 0.25) is 0 Å². The van der Waals surface area contributed by atoms with Gasteiger partial charge in [0.05, 0.1) is 0 Å². The van der Waals surface area contributed by atoms with Crippen molar-refractivity contribution in [1.29, 1.82) is 0 Å². The first-order valence-corrected chi connectivity index (χ1v) is 5.23. The summed E-state index contributed by atoms with van der Waals surface area (Å²) in [4.78, 5) is 4.92. The number of hydrogen-bond donors (Lipinski definition) is 0. The number of azide groups is 1. The summed E-state index contributed by atoms with van der Waals surface area (Å²) >= 11 is 0. The summed E-state index contributed by atoms with van der Waals surface area (Å²) in [7, 11) is 2.11. The Hall–Kier alpha value is -1.71. The number of nitrogens with zero attached hydrogens (tertiary/aromatic N) is 4. The zero-order valence-electron chi connectivity index (χ0n) is 9.26. The smallest absolute Gasteiger partial charge is 0.167 e. The predicted octanol–water partition coefficient (Wildman–Crippen LogP) is 2.32. The largest absolute Gasteiger partial charge is 0.488 e. The summed E-state index contributed by atoms with van der Waals surface area (Å²) in [6, 6.07) is 6.04. The van der Waals surface area contributed by atoms with E-state index >= 15 is 0 Å². The first kappa shape index (κ1) is 10.8. The Labute approximate surface area is 94.3 Å². The van der Waals surface area contributed by atoms with Crippen molar-refractivity contribution in [2.75, 3.05) is 20.3 Å². The highest BCUT2D eigenvalue weighted by Crippen LogP contribution is 2.23. The average Bonchev–Trinajstić information content (AvgIpc) is 2.29. The highest BCUT2D eigenvalue weighted by molar-refractivity contribution is 5.37. The fourth-order valence-corrected chi connectivity index (χ4v) is 1.89. The second kappa shape index (κ2) is 4.88. The highest BCUT2D eigenvalue weighted by Gasteiger charge is 2.13.